The largest absolute Gasteiger partial charge is 0.486 e. The van der Waals surface area contributed by atoms with Gasteiger partial charge in [0.1, 0.15) is 6.10 Å². The summed E-state index contributed by atoms with van der Waals surface area (Å²) in [6.45, 7) is 4.35. The molecule has 0 unspecified atom stereocenters. The topological polar surface area (TPSA) is 85.3 Å². The highest BCUT2D eigenvalue weighted by Gasteiger charge is 2.38. The average molecular weight is 757 g/mol. The zero-order valence-electron chi connectivity index (χ0n) is 30.2. The number of ether oxygens (including phenoxy) is 1. The molecule has 0 saturated carbocycles. The van der Waals surface area contributed by atoms with E-state index >= 15 is 0 Å². The first-order valence-corrected chi connectivity index (χ1v) is 17.3. The number of benzene rings is 4. The van der Waals surface area contributed by atoms with Gasteiger partial charge in [0.15, 0.2) is 5.75 Å². The number of hydrogen-bond acceptors (Lipinski definition) is 6. The van der Waals surface area contributed by atoms with E-state index in [4.69, 9.17) is 4.74 Å². The average Bonchev–Trinajstić information content (AvgIpc) is 3.12. The van der Waals surface area contributed by atoms with E-state index in [0.29, 0.717) is 31.3 Å². The van der Waals surface area contributed by atoms with Gasteiger partial charge in [-0.05, 0) is 79.7 Å². The Morgan fingerprint density at radius 3 is 2.22 bits per heavy atom. The maximum absolute atomic E-state index is 13.9. The van der Waals surface area contributed by atoms with Gasteiger partial charge in [0.25, 0.3) is 5.91 Å². The maximum atomic E-state index is 13.9. The minimum absolute atomic E-state index is 0.0377. The van der Waals surface area contributed by atoms with Crippen molar-refractivity contribution in [1.82, 2.24) is 9.80 Å². The molecule has 2 amide bonds. The number of aliphatic hydroxyl groups excluding tert-OH is 1. The molecule has 0 aliphatic carbocycles. The lowest BCUT2D eigenvalue weighted by atomic mass is 9.98. The van der Waals surface area contributed by atoms with Crippen molar-refractivity contribution in [2.24, 2.45) is 5.92 Å². The van der Waals surface area contributed by atoms with Gasteiger partial charge in [-0.1, -0.05) is 43.3 Å². The van der Waals surface area contributed by atoms with Crippen LogP contribution in [0.5, 0.6) is 5.75 Å². The first kappa shape index (κ1) is 40.1. The zero-order valence-corrected chi connectivity index (χ0v) is 30.2. The molecule has 0 saturated heterocycles. The molecule has 0 aromatic heterocycles. The number of para-hydroxylation sites is 2. The Balaban J connectivity index is 1.40. The molecular formula is C40H42F6N4O4. The minimum Gasteiger partial charge on any atom is -0.486 e. The van der Waals surface area contributed by atoms with Crippen molar-refractivity contribution < 1.29 is 45.8 Å². The van der Waals surface area contributed by atoms with Crippen molar-refractivity contribution >= 4 is 28.9 Å². The van der Waals surface area contributed by atoms with Gasteiger partial charge in [-0.25, -0.2) is 0 Å². The molecule has 14 heteroatoms. The zero-order chi connectivity index (χ0) is 39.4. The van der Waals surface area contributed by atoms with Crippen molar-refractivity contribution in [2.45, 2.75) is 51.3 Å². The fourth-order valence-electron chi connectivity index (χ4n) is 6.43. The summed E-state index contributed by atoms with van der Waals surface area (Å²) < 4.78 is 88.1. The summed E-state index contributed by atoms with van der Waals surface area (Å²) in [5.41, 5.74) is -0.492. The molecular weight excluding hydrogens is 714 g/mol. The van der Waals surface area contributed by atoms with E-state index < -0.39 is 59.4 Å². The third-order valence-electron chi connectivity index (χ3n) is 9.47. The summed E-state index contributed by atoms with van der Waals surface area (Å²) in [6, 6.07) is 22.7. The van der Waals surface area contributed by atoms with Gasteiger partial charge in [0.2, 0.25) is 5.91 Å². The highest BCUT2D eigenvalue weighted by atomic mass is 19.4. The molecule has 4 aromatic carbocycles. The number of alkyl halides is 6. The predicted molar refractivity (Wildman–Crippen MR) is 194 cm³/mol. The molecule has 3 atom stereocenters. The van der Waals surface area contributed by atoms with Crippen LogP contribution in [0.4, 0.5) is 43.4 Å². The molecule has 288 valence electrons. The number of likely N-dealkylation sites (N-methyl/N-ethyl adjacent to an activating group) is 1. The van der Waals surface area contributed by atoms with Gasteiger partial charge in [0, 0.05) is 44.0 Å². The number of amides is 2. The molecule has 0 bridgehead atoms. The van der Waals surface area contributed by atoms with E-state index in [9.17, 15) is 41.0 Å². The van der Waals surface area contributed by atoms with E-state index in [-0.39, 0.29) is 36.1 Å². The predicted octanol–water partition coefficient (Wildman–Crippen LogP) is 8.03. The van der Waals surface area contributed by atoms with Gasteiger partial charge in [0.05, 0.1) is 41.4 Å². The van der Waals surface area contributed by atoms with E-state index in [1.165, 1.54) is 23.1 Å². The summed E-state index contributed by atoms with van der Waals surface area (Å²) in [5, 5.41) is 12.5. The second-order valence-corrected chi connectivity index (χ2v) is 13.7. The number of nitrogens with one attached hydrogen (secondary N) is 1. The van der Waals surface area contributed by atoms with E-state index in [0.717, 1.165) is 16.9 Å². The Kier molecular flexibility index (Phi) is 12.3. The van der Waals surface area contributed by atoms with Gasteiger partial charge < -0.3 is 25.0 Å². The lowest BCUT2D eigenvalue weighted by molar-refractivity contribution is -0.142. The van der Waals surface area contributed by atoms with Crippen LogP contribution in [-0.2, 0) is 30.1 Å². The number of fused-ring (bicyclic) bond motifs is 1. The minimum atomic E-state index is -5.01. The molecule has 4 aromatic rings. The van der Waals surface area contributed by atoms with Crippen LogP contribution < -0.4 is 15.0 Å². The molecule has 1 heterocycles. The quantitative estimate of drug-likeness (QED) is 0.151. The van der Waals surface area contributed by atoms with Crippen LogP contribution in [0.1, 0.15) is 46.5 Å². The highest BCUT2D eigenvalue weighted by molar-refractivity contribution is 6.02. The van der Waals surface area contributed by atoms with Crippen LogP contribution in [0.3, 0.4) is 0 Å². The molecule has 1 aliphatic heterocycles. The van der Waals surface area contributed by atoms with E-state index in [1.807, 2.05) is 80.5 Å². The van der Waals surface area contributed by atoms with Crippen molar-refractivity contribution in [3.8, 4) is 5.75 Å². The number of aliphatic hydroxyl groups is 1. The standard InChI is InChI=1S/C40H42F6N4O4/c1-25-21-50(26(2)24-51)38(53)32-11-8-12-34(47-36(52)20-28-19-29(39(41,42)43)15-18-33(28)40(44,45)46)37(32)54-35(25)23-48(3)22-27-13-16-31(17-14-27)49(4)30-9-6-5-7-10-30/h5-19,25-26,35,51H,20-24H2,1-4H3,(H,47,52)/t25-,26+,35-/m1/s1. The monoisotopic (exact) mass is 756 g/mol. The van der Waals surface area contributed by atoms with Crippen LogP contribution >= 0.6 is 0 Å². The van der Waals surface area contributed by atoms with Crippen LogP contribution in [-0.4, -0.2) is 72.7 Å². The van der Waals surface area contributed by atoms with Gasteiger partial charge in [-0.2, -0.15) is 26.3 Å². The second kappa shape index (κ2) is 16.5. The highest BCUT2D eigenvalue weighted by Crippen LogP contribution is 2.38. The summed E-state index contributed by atoms with van der Waals surface area (Å²) in [7, 11) is 3.88. The number of carbonyl (C=O) groups is 2. The summed E-state index contributed by atoms with van der Waals surface area (Å²) in [5.74, 6) is -1.89. The van der Waals surface area contributed by atoms with Crippen molar-refractivity contribution in [1.29, 1.82) is 0 Å². The molecule has 0 fully saturated rings. The van der Waals surface area contributed by atoms with E-state index in [2.05, 4.69) is 10.2 Å². The lowest BCUT2D eigenvalue weighted by Gasteiger charge is -2.38. The molecule has 0 radical (unpaired) electrons. The summed E-state index contributed by atoms with van der Waals surface area (Å²) in [6.07, 6.45) is -11.6. The van der Waals surface area contributed by atoms with Crippen LogP contribution in [0.25, 0.3) is 0 Å². The molecule has 2 N–H and O–H groups in total. The van der Waals surface area contributed by atoms with Gasteiger partial charge in [-0.15, -0.1) is 0 Å². The Morgan fingerprint density at radius 2 is 1.59 bits per heavy atom. The molecule has 54 heavy (non-hydrogen) atoms. The number of halogens is 6. The van der Waals surface area contributed by atoms with Crippen LogP contribution in [0.15, 0.2) is 91.0 Å². The number of nitrogens with zero attached hydrogens (tertiary/aromatic N) is 3. The smallest absolute Gasteiger partial charge is 0.416 e. The van der Waals surface area contributed by atoms with Crippen molar-refractivity contribution in [2.75, 3.05) is 44.0 Å². The van der Waals surface area contributed by atoms with Crippen LogP contribution in [0.2, 0.25) is 0 Å². The van der Waals surface area contributed by atoms with Gasteiger partial charge >= 0.3 is 12.4 Å². The molecule has 5 rings (SSSR count). The first-order valence-electron chi connectivity index (χ1n) is 17.3. The Bertz CT molecular complexity index is 1920. The maximum Gasteiger partial charge on any atom is 0.416 e. The van der Waals surface area contributed by atoms with Gasteiger partial charge in [-0.3, -0.25) is 14.5 Å². The third-order valence-corrected chi connectivity index (χ3v) is 9.47. The Labute approximate surface area is 309 Å². The van der Waals surface area contributed by atoms with Crippen molar-refractivity contribution in [3.63, 3.8) is 0 Å². The third kappa shape index (κ3) is 9.52. The number of anilines is 3. The Hall–Kier alpha value is -5.08. The second-order valence-electron chi connectivity index (χ2n) is 13.7. The normalized spacial score (nSPS) is 17.0. The van der Waals surface area contributed by atoms with Crippen molar-refractivity contribution in [3.05, 3.63) is 119 Å². The molecule has 1 aliphatic rings. The number of hydrogen-bond donors (Lipinski definition) is 2. The number of carbonyl (C=O) groups excluding carboxylic acids is 2. The first-order chi connectivity index (χ1) is 25.5. The number of rotatable bonds is 11. The Morgan fingerprint density at radius 1 is 0.926 bits per heavy atom. The summed E-state index contributed by atoms with van der Waals surface area (Å²) >= 11 is 0. The fourth-order valence-corrected chi connectivity index (χ4v) is 6.43. The fraction of sp³-hybridized carbons (Fsp3) is 0.350. The SMILES string of the molecule is C[C@@H]1CN([C@@H](C)CO)C(=O)c2cccc(NC(=O)Cc3cc(C(F)(F)F)ccc3C(F)(F)F)c2O[C@@H]1CN(C)Cc1ccc(N(C)c2ccccc2)cc1. The summed E-state index contributed by atoms with van der Waals surface area (Å²) in [4.78, 5) is 32.8. The molecule has 8 nitrogen and oxygen atoms in total. The van der Waals surface area contributed by atoms with Crippen LogP contribution in [0, 0.1) is 5.92 Å². The molecule has 0 spiro atoms. The lowest BCUT2D eigenvalue weighted by Crippen LogP contribution is -2.49. The van der Waals surface area contributed by atoms with E-state index in [1.54, 1.807) is 6.92 Å².